The quantitative estimate of drug-likeness (QED) is 0.453. The van der Waals surface area contributed by atoms with Gasteiger partial charge in [0.2, 0.25) is 0 Å². The van der Waals surface area contributed by atoms with Crippen LogP contribution in [-0.4, -0.2) is 27.1 Å². The van der Waals surface area contributed by atoms with Crippen LogP contribution in [0.3, 0.4) is 0 Å². The summed E-state index contributed by atoms with van der Waals surface area (Å²) in [7, 11) is 0. The number of anilines is 1. The van der Waals surface area contributed by atoms with Crippen LogP contribution in [0.5, 0.6) is 0 Å². The Morgan fingerprint density at radius 3 is 2.48 bits per heavy atom. The fourth-order valence-electron chi connectivity index (χ4n) is 1.59. The molecule has 0 unspecified atom stereocenters. The molecule has 0 aliphatic heterocycles. The van der Waals surface area contributed by atoms with Gasteiger partial charge in [-0.05, 0) is 18.2 Å². The molecule has 8 heteroatoms. The SMILES string of the molecule is O=C(O)C(=CNc1cnc2c(F)c(F)ccc2c1)C(=O)O. The normalized spacial score (nSPS) is 10.2. The van der Waals surface area contributed by atoms with Crippen LogP contribution in [0, 0.1) is 11.6 Å². The van der Waals surface area contributed by atoms with Crippen LogP contribution < -0.4 is 5.32 Å². The van der Waals surface area contributed by atoms with Gasteiger partial charge in [-0.15, -0.1) is 0 Å². The van der Waals surface area contributed by atoms with E-state index in [4.69, 9.17) is 10.2 Å². The first-order chi connectivity index (χ1) is 9.90. The lowest BCUT2D eigenvalue weighted by atomic mass is 10.2. The Morgan fingerprint density at radius 2 is 1.86 bits per heavy atom. The standard InChI is InChI=1S/C13H8F2N2O4/c14-9-2-1-6-3-7(4-17-11(6)10(9)15)16-5-8(12(18)19)13(20)21/h1-5,16H,(H,18,19)(H,20,21). The summed E-state index contributed by atoms with van der Waals surface area (Å²) in [6, 6.07) is 3.60. The lowest BCUT2D eigenvalue weighted by Gasteiger charge is -2.04. The maximum Gasteiger partial charge on any atom is 0.344 e. The maximum atomic E-state index is 13.4. The van der Waals surface area contributed by atoms with E-state index in [9.17, 15) is 18.4 Å². The summed E-state index contributed by atoms with van der Waals surface area (Å²) < 4.78 is 26.4. The number of pyridine rings is 1. The molecule has 3 N–H and O–H groups in total. The van der Waals surface area contributed by atoms with Crippen LogP contribution in [-0.2, 0) is 9.59 Å². The number of halogens is 2. The van der Waals surface area contributed by atoms with E-state index in [1.165, 1.54) is 12.1 Å². The van der Waals surface area contributed by atoms with Gasteiger partial charge in [-0.2, -0.15) is 0 Å². The number of nitrogens with zero attached hydrogens (tertiary/aromatic N) is 1. The van der Waals surface area contributed by atoms with Gasteiger partial charge in [0.05, 0.1) is 11.9 Å². The molecule has 108 valence electrons. The monoisotopic (exact) mass is 294 g/mol. The van der Waals surface area contributed by atoms with Gasteiger partial charge in [-0.25, -0.2) is 18.4 Å². The van der Waals surface area contributed by atoms with E-state index < -0.39 is 29.1 Å². The van der Waals surface area contributed by atoms with Crippen molar-refractivity contribution in [2.24, 2.45) is 0 Å². The molecule has 0 aliphatic carbocycles. The summed E-state index contributed by atoms with van der Waals surface area (Å²) in [5.74, 6) is -5.35. The van der Waals surface area contributed by atoms with Crippen molar-refractivity contribution in [3.63, 3.8) is 0 Å². The van der Waals surface area contributed by atoms with Gasteiger partial charge in [-0.1, -0.05) is 0 Å². The highest BCUT2D eigenvalue weighted by atomic mass is 19.2. The minimum absolute atomic E-state index is 0.179. The van der Waals surface area contributed by atoms with Crippen molar-refractivity contribution >= 4 is 28.5 Å². The fourth-order valence-corrected chi connectivity index (χ4v) is 1.59. The molecule has 0 saturated carbocycles. The number of carboxylic acids is 2. The Balaban J connectivity index is 2.36. The highest BCUT2D eigenvalue weighted by Crippen LogP contribution is 2.21. The molecule has 0 fully saturated rings. The Kier molecular flexibility index (Phi) is 3.79. The molecule has 0 radical (unpaired) electrons. The van der Waals surface area contributed by atoms with Crippen molar-refractivity contribution in [2.45, 2.75) is 0 Å². The number of carbonyl (C=O) groups is 2. The van der Waals surface area contributed by atoms with Crippen molar-refractivity contribution in [2.75, 3.05) is 5.32 Å². The van der Waals surface area contributed by atoms with Crippen LogP contribution in [0.4, 0.5) is 14.5 Å². The molecule has 1 aromatic heterocycles. The van der Waals surface area contributed by atoms with E-state index in [-0.39, 0.29) is 16.6 Å². The second-order valence-electron chi connectivity index (χ2n) is 3.97. The molecule has 0 amide bonds. The first-order valence-corrected chi connectivity index (χ1v) is 5.57. The van der Waals surface area contributed by atoms with Crippen LogP contribution in [0.15, 0.2) is 36.2 Å². The summed E-state index contributed by atoms with van der Waals surface area (Å²) >= 11 is 0. The number of carboxylic acid groups (broad SMARTS) is 2. The Hall–Kier alpha value is -3.03. The minimum atomic E-state index is -1.61. The average Bonchev–Trinajstić information content (AvgIpc) is 2.42. The van der Waals surface area contributed by atoms with Crippen molar-refractivity contribution in [1.82, 2.24) is 4.98 Å². The zero-order valence-electron chi connectivity index (χ0n) is 10.3. The van der Waals surface area contributed by atoms with E-state index in [2.05, 4.69) is 10.3 Å². The average molecular weight is 294 g/mol. The topological polar surface area (TPSA) is 99.5 Å². The Bertz CT molecular complexity index is 758. The summed E-state index contributed by atoms with van der Waals surface area (Å²) in [6.45, 7) is 0. The summed E-state index contributed by atoms with van der Waals surface area (Å²) in [4.78, 5) is 25.0. The molecule has 6 nitrogen and oxygen atoms in total. The van der Waals surface area contributed by atoms with Crippen molar-refractivity contribution in [3.05, 3.63) is 47.8 Å². The van der Waals surface area contributed by atoms with Crippen LogP contribution in [0.1, 0.15) is 0 Å². The fraction of sp³-hybridized carbons (Fsp3) is 0. The molecule has 0 spiro atoms. The first kappa shape index (κ1) is 14.4. The van der Waals surface area contributed by atoms with Gasteiger partial charge in [0, 0.05) is 11.6 Å². The van der Waals surface area contributed by atoms with E-state index in [1.54, 1.807) is 0 Å². The molecule has 1 heterocycles. The number of aromatic nitrogens is 1. The molecule has 0 atom stereocenters. The van der Waals surface area contributed by atoms with Crippen LogP contribution in [0.25, 0.3) is 10.9 Å². The van der Waals surface area contributed by atoms with Gasteiger partial charge in [0.15, 0.2) is 17.2 Å². The third-order valence-electron chi connectivity index (χ3n) is 2.59. The van der Waals surface area contributed by atoms with E-state index >= 15 is 0 Å². The number of fused-ring (bicyclic) bond motifs is 1. The third kappa shape index (κ3) is 2.94. The lowest BCUT2D eigenvalue weighted by molar-refractivity contribution is -0.140. The summed E-state index contributed by atoms with van der Waals surface area (Å²) in [5.41, 5.74) is -0.824. The zero-order valence-corrected chi connectivity index (χ0v) is 10.3. The number of benzene rings is 1. The number of aliphatic carboxylic acids is 2. The number of nitrogens with one attached hydrogen (secondary N) is 1. The molecule has 21 heavy (non-hydrogen) atoms. The highest BCUT2D eigenvalue weighted by molar-refractivity contribution is 6.12. The Morgan fingerprint density at radius 1 is 1.19 bits per heavy atom. The second kappa shape index (κ2) is 5.53. The van der Waals surface area contributed by atoms with Gasteiger partial charge in [0.25, 0.3) is 0 Å². The zero-order chi connectivity index (χ0) is 15.6. The first-order valence-electron chi connectivity index (χ1n) is 5.57. The molecule has 2 rings (SSSR count). The van der Waals surface area contributed by atoms with Crippen molar-refractivity contribution < 1.29 is 28.6 Å². The minimum Gasteiger partial charge on any atom is -0.477 e. The van der Waals surface area contributed by atoms with Gasteiger partial charge in [-0.3, -0.25) is 4.98 Å². The number of hydrogen-bond donors (Lipinski definition) is 3. The summed E-state index contributed by atoms with van der Waals surface area (Å²) in [5, 5.41) is 20.0. The largest absolute Gasteiger partial charge is 0.477 e. The van der Waals surface area contributed by atoms with E-state index in [0.29, 0.717) is 0 Å². The van der Waals surface area contributed by atoms with Crippen molar-refractivity contribution in [3.8, 4) is 0 Å². The van der Waals surface area contributed by atoms with E-state index in [0.717, 1.165) is 18.5 Å². The van der Waals surface area contributed by atoms with Crippen LogP contribution >= 0.6 is 0 Å². The molecule has 0 saturated heterocycles. The molecule has 0 aliphatic rings. The summed E-state index contributed by atoms with van der Waals surface area (Å²) in [6.07, 6.45) is 1.90. The molecule has 0 bridgehead atoms. The van der Waals surface area contributed by atoms with Gasteiger partial charge < -0.3 is 15.5 Å². The number of rotatable bonds is 4. The highest BCUT2D eigenvalue weighted by Gasteiger charge is 2.15. The third-order valence-corrected chi connectivity index (χ3v) is 2.59. The smallest absolute Gasteiger partial charge is 0.344 e. The lowest BCUT2D eigenvalue weighted by Crippen LogP contribution is -2.12. The second-order valence-corrected chi connectivity index (χ2v) is 3.97. The predicted octanol–water partition coefficient (Wildman–Crippen LogP) is 1.98. The van der Waals surface area contributed by atoms with Gasteiger partial charge in [0.1, 0.15) is 5.52 Å². The van der Waals surface area contributed by atoms with Gasteiger partial charge >= 0.3 is 11.9 Å². The Labute approximate surface area is 116 Å². The molecule has 1 aromatic carbocycles. The maximum absolute atomic E-state index is 13.4. The number of hydrogen-bond acceptors (Lipinski definition) is 4. The molecular weight excluding hydrogens is 286 g/mol. The van der Waals surface area contributed by atoms with E-state index in [1.807, 2.05) is 0 Å². The predicted molar refractivity (Wildman–Crippen MR) is 68.6 cm³/mol. The van der Waals surface area contributed by atoms with Crippen molar-refractivity contribution in [1.29, 1.82) is 0 Å². The molecular formula is C13H8F2N2O4. The van der Waals surface area contributed by atoms with Crippen LogP contribution in [0.2, 0.25) is 0 Å². The molecule has 2 aromatic rings.